The van der Waals surface area contributed by atoms with E-state index in [-0.39, 0.29) is 11.9 Å². The van der Waals surface area contributed by atoms with Crippen LogP contribution < -0.4 is 0 Å². The Balaban J connectivity index is 2.51. The number of hydrogen-bond donors (Lipinski definition) is 0. The number of rotatable bonds is 4. The van der Waals surface area contributed by atoms with Crippen LogP contribution in [0.3, 0.4) is 0 Å². The first kappa shape index (κ1) is 11.3. The molecule has 1 aliphatic rings. The molecule has 0 unspecified atom stereocenters. The second-order valence-electron chi connectivity index (χ2n) is 3.52. The zero-order valence-electron chi connectivity index (χ0n) is 7.70. The third-order valence-corrected chi connectivity index (χ3v) is 3.70. The number of methoxy groups -OCH3 is 1. The summed E-state index contributed by atoms with van der Waals surface area (Å²) in [5.41, 5.74) is 0. The Bertz CT molecular complexity index is 244. The molecule has 0 aromatic heterocycles. The summed E-state index contributed by atoms with van der Waals surface area (Å²) < 4.78 is 26.8. The Morgan fingerprint density at radius 3 is 2.38 bits per heavy atom. The molecule has 1 atom stereocenters. The van der Waals surface area contributed by atoms with Crippen LogP contribution in [0.2, 0.25) is 0 Å². The molecule has 0 aromatic rings. The highest BCUT2D eigenvalue weighted by Crippen LogP contribution is 2.29. The lowest BCUT2D eigenvalue weighted by atomic mass is 10.0. The maximum Gasteiger partial charge on any atom is 0.235 e. The lowest BCUT2D eigenvalue weighted by molar-refractivity contribution is 0.0721. The third kappa shape index (κ3) is 3.83. The van der Waals surface area contributed by atoms with Gasteiger partial charge in [0, 0.05) is 17.8 Å². The monoisotopic (exact) mass is 226 g/mol. The second-order valence-corrected chi connectivity index (χ2v) is 6.35. The summed E-state index contributed by atoms with van der Waals surface area (Å²) in [5.74, 6) is 0.314. The molecule has 78 valence electrons. The van der Waals surface area contributed by atoms with E-state index in [0.717, 1.165) is 12.8 Å². The largest absolute Gasteiger partial charge is 0.380 e. The molecule has 1 aliphatic carbocycles. The molecule has 13 heavy (non-hydrogen) atoms. The van der Waals surface area contributed by atoms with Crippen LogP contribution in [0.4, 0.5) is 0 Å². The van der Waals surface area contributed by atoms with Crippen LogP contribution in [0, 0.1) is 5.92 Å². The molecule has 0 amide bonds. The fourth-order valence-corrected chi connectivity index (χ4v) is 3.10. The van der Waals surface area contributed by atoms with E-state index in [1.165, 1.54) is 12.8 Å². The summed E-state index contributed by atoms with van der Waals surface area (Å²) in [6.07, 6.45) is 4.25. The molecule has 1 saturated carbocycles. The minimum Gasteiger partial charge on any atom is -0.380 e. The van der Waals surface area contributed by atoms with E-state index in [4.69, 9.17) is 15.4 Å². The second kappa shape index (κ2) is 4.62. The van der Waals surface area contributed by atoms with Gasteiger partial charge in [-0.2, -0.15) is 0 Å². The summed E-state index contributed by atoms with van der Waals surface area (Å²) in [6.45, 7) is 0. The van der Waals surface area contributed by atoms with Crippen LogP contribution in [0.25, 0.3) is 0 Å². The number of halogens is 1. The normalized spacial score (nSPS) is 22.0. The lowest BCUT2D eigenvalue weighted by Gasteiger charge is -2.19. The SMILES string of the molecule is CO[C@H](CS(=O)(=O)Cl)C1CCCC1. The summed E-state index contributed by atoms with van der Waals surface area (Å²) in [5, 5.41) is 0. The van der Waals surface area contributed by atoms with Crippen molar-refractivity contribution in [3.8, 4) is 0 Å². The predicted molar refractivity (Wildman–Crippen MR) is 52.4 cm³/mol. The molecule has 0 bridgehead atoms. The van der Waals surface area contributed by atoms with Gasteiger partial charge < -0.3 is 4.74 Å². The van der Waals surface area contributed by atoms with Gasteiger partial charge in [-0.15, -0.1) is 0 Å². The van der Waals surface area contributed by atoms with Crippen molar-refractivity contribution >= 4 is 19.7 Å². The summed E-state index contributed by atoms with van der Waals surface area (Å²) in [4.78, 5) is 0. The van der Waals surface area contributed by atoms with Gasteiger partial charge in [0.1, 0.15) is 0 Å². The molecule has 3 nitrogen and oxygen atoms in total. The van der Waals surface area contributed by atoms with Crippen molar-refractivity contribution < 1.29 is 13.2 Å². The van der Waals surface area contributed by atoms with E-state index in [1.54, 1.807) is 7.11 Å². The molecule has 0 N–H and O–H groups in total. The van der Waals surface area contributed by atoms with Gasteiger partial charge in [-0.05, 0) is 18.8 Å². The number of ether oxygens (including phenoxy) is 1. The fourth-order valence-electron chi connectivity index (χ4n) is 1.92. The lowest BCUT2D eigenvalue weighted by Crippen LogP contribution is -2.27. The Morgan fingerprint density at radius 2 is 2.00 bits per heavy atom. The molecule has 0 aromatic carbocycles. The number of hydrogen-bond acceptors (Lipinski definition) is 3. The standard InChI is InChI=1S/C8H15ClO3S/c1-12-8(6-13(9,10)11)7-4-2-3-5-7/h7-8H,2-6H2,1H3/t8-/m1/s1. The smallest absolute Gasteiger partial charge is 0.235 e. The Labute approximate surface area is 83.8 Å². The molecule has 0 saturated heterocycles. The molecule has 0 spiro atoms. The maximum absolute atomic E-state index is 10.8. The van der Waals surface area contributed by atoms with Crippen LogP contribution in [-0.4, -0.2) is 27.4 Å². The van der Waals surface area contributed by atoms with E-state index < -0.39 is 9.05 Å². The van der Waals surface area contributed by atoms with Gasteiger partial charge in [-0.3, -0.25) is 0 Å². The molecule has 5 heteroatoms. The Morgan fingerprint density at radius 1 is 1.46 bits per heavy atom. The predicted octanol–water partition coefficient (Wildman–Crippen LogP) is 1.76. The summed E-state index contributed by atoms with van der Waals surface area (Å²) in [6, 6.07) is 0. The zero-order chi connectivity index (χ0) is 9.90. The molecule has 0 aliphatic heterocycles. The van der Waals surface area contributed by atoms with Crippen LogP contribution >= 0.6 is 10.7 Å². The van der Waals surface area contributed by atoms with Crippen molar-refractivity contribution in [1.82, 2.24) is 0 Å². The van der Waals surface area contributed by atoms with Crippen molar-refractivity contribution in [3.05, 3.63) is 0 Å². The molecule has 1 rings (SSSR count). The van der Waals surface area contributed by atoms with Crippen molar-refractivity contribution in [2.24, 2.45) is 5.92 Å². The minimum absolute atomic E-state index is 0.0598. The van der Waals surface area contributed by atoms with E-state index in [2.05, 4.69) is 0 Å². The van der Waals surface area contributed by atoms with Crippen LogP contribution in [0.15, 0.2) is 0 Å². The molecule has 0 radical (unpaired) electrons. The Kier molecular flexibility index (Phi) is 4.01. The molecular formula is C8H15ClO3S. The van der Waals surface area contributed by atoms with Gasteiger partial charge in [0.05, 0.1) is 11.9 Å². The highest BCUT2D eigenvalue weighted by Gasteiger charge is 2.28. The van der Waals surface area contributed by atoms with Crippen LogP contribution in [0.5, 0.6) is 0 Å². The fraction of sp³-hybridized carbons (Fsp3) is 1.00. The van der Waals surface area contributed by atoms with Crippen LogP contribution in [-0.2, 0) is 13.8 Å². The summed E-state index contributed by atoms with van der Waals surface area (Å²) in [7, 11) is 3.30. The highest BCUT2D eigenvalue weighted by atomic mass is 35.7. The van der Waals surface area contributed by atoms with Crippen molar-refractivity contribution in [2.45, 2.75) is 31.8 Å². The average molecular weight is 227 g/mol. The van der Waals surface area contributed by atoms with E-state index in [0.29, 0.717) is 5.92 Å². The van der Waals surface area contributed by atoms with E-state index >= 15 is 0 Å². The molecule has 0 heterocycles. The molecule has 1 fully saturated rings. The van der Waals surface area contributed by atoms with Gasteiger partial charge in [0.15, 0.2) is 0 Å². The molecular weight excluding hydrogens is 212 g/mol. The minimum atomic E-state index is -3.43. The Hall–Kier alpha value is 0.200. The van der Waals surface area contributed by atoms with Crippen LogP contribution in [0.1, 0.15) is 25.7 Å². The third-order valence-electron chi connectivity index (χ3n) is 2.59. The first-order chi connectivity index (χ1) is 6.03. The topological polar surface area (TPSA) is 43.4 Å². The van der Waals surface area contributed by atoms with Crippen molar-refractivity contribution in [1.29, 1.82) is 0 Å². The highest BCUT2D eigenvalue weighted by molar-refractivity contribution is 8.13. The van der Waals surface area contributed by atoms with Gasteiger partial charge in [0.2, 0.25) is 9.05 Å². The first-order valence-corrected chi connectivity index (χ1v) is 6.96. The van der Waals surface area contributed by atoms with Gasteiger partial charge >= 0.3 is 0 Å². The van der Waals surface area contributed by atoms with E-state index in [9.17, 15) is 8.42 Å². The first-order valence-electron chi connectivity index (χ1n) is 4.48. The van der Waals surface area contributed by atoms with Crippen molar-refractivity contribution in [3.63, 3.8) is 0 Å². The van der Waals surface area contributed by atoms with Gasteiger partial charge in [-0.1, -0.05) is 12.8 Å². The zero-order valence-corrected chi connectivity index (χ0v) is 9.27. The quantitative estimate of drug-likeness (QED) is 0.687. The van der Waals surface area contributed by atoms with Gasteiger partial charge in [0.25, 0.3) is 0 Å². The average Bonchev–Trinajstić information content (AvgIpc) is 2.50. The summed E-state index contributed by atoms with van der Waals surface area (Å²) >= 11 is 0. The van der Waals surface area contributed by atoms with Crippen molar-refractivity contribution in [2.75, 3.05) is 12.9 Å². The van der Waals surface area contributed by atoms with E-state index in [1.807, 2.05) is 0 Å². The maximum atomic E-state index is 10.8. The van der Waals surface area contributed by atoms with Gasteiger partial charge in [-0.25, -0.2) is 8.42 Å².